The highest BCUT2D eigenvalue weighted by Crippen LogP contribution is 2.22. The maximum atomic E-state index is 12.0. The number of aryl methyl sites for hydroxylation is 3. The molecule has 130 valence electrons. The minimum absolute atomic E-state index is 0.149. The zero-order valence-corrected chi connectivity index (χ0v) is 14.3. The van der Waals surface area contributed by atoms with Crippen LogP contribution in [0.15, 0.2) is 42.5 Å². The van der Waals surface area contributed by atoms with Gasteiger partial charge in [-0.3, -0.25) is 20.4 Å². The van der Waals surface area contributed by atoms with Crippen LogP contribution in [0.25, 0.3) is 0 Å². The highest BCUT2D eigenvalue weighted by atomic mass is 16.5. The van der Waals surface area contributed by atoms with Crippen molar-refractivity contribution in [3.05, 3.63) is 64.7 Å². The summed E-state index contributed by atoms with van der Waals surface area (Å²) in [4.78, 5) is 23.8. The molecule has 1 aliphatic rings. The van der Waals surface area contributed by atoms with E-state index in [9.17, 15) is 9.59 Å². The lowest BCUT2D eigenvalue weighted by atomic mass is 10.0. The Morgan fingerprint density at radius 2 is 1.76 bits per heavy atom. The Balaban J connectivity index is 1.42. The maximum absolute atomic E-state index is 12.0. The maximum Gasteiger partial charge on any atom is 0.276 e. The number of fused-ring (bicyclic) bond motifs is 1. The number of hydrogen-bond acceptors (Lipinski definition) is 3. The average Bonchev–Trinajstić information content (AvgIpc) is 3.07. The van der Waals surface area contributed by atoms with E-state index in [1.54, 1.807) is 6.07 Å². The van der Waals surface area contributed by atoms with E-state index in [1.165, 1.54) is 17.5 Å². The van der Waals surface area contributed by atoms with Crippen molar-refractivity contribution in [3.8, 4) is 5.75 Å². The first-order chi connectivity index (χ1) is 12.1. The van der Waals surface area contributed by atoms with Crippen molar-refractivity contribution in [2.45, 2.75) is 32.6 Å². The topological polar surface area (TPSA) is 67.4 Å². The van der Waals surface area contributed by atoms with Crippen molar-refractivity contribution in [2.24, 2.45) is 0 Å². The molecule has 0 aliphatic heterocycles. The molecule has 0 saturated carbocycles. The van der Waals surface area contributed by atoms with Gasteiger partial charge in [-0.2, -0.15) is 0 Å². The van der Waals surface area contributed by atoms with Crippen LogP contribution in [0.1, 0.15) is 28.7 Å². The molecule has 0 atom stereocenters. The molecule has 2 aromatic carbocycles. The largest absolute Gasteiger partial charge is 0.483 e. The molecule has 0 unspecified atom stereocenters. The molecular weight excluding hydrogens is 316 g/mol. The van der Waals surface area contributed by atoms with Crippen LogP contribution in [0.4, 0.5) is 0 Å². The van der Waals surface area contributed by atoms with Crippen molar-refractivity contribution >= 4 is 11.8 Å². The molecule has 0 fully saturated rings. The smallest absolute Gasteiger partial charge is 0.276 e. The number of carbonyl (C=O) groups is 2. The van der Waals surface area contributed by atoms with Gasteiger partial charge in [0.2, 0.25) is 5.91 Å². The van der Waals surface area contributed by atoms with E-state index in [0.717, 1.165) is 24.0 Å². The fourth-order valence-electron chi connectivity index (χ4n) is 3.00. The Kier molecular flexibility index (Phi) is 5.33. The van der Waals surface area contributed by atoms with E-state index >= 15 is 0 Å². The first kappa shape index (κ1) is 17.0. The predicted molar refractivity (Wildman–Crippen MR) is 95.1 cm³/mol. The van der Waals surface area contributed by atoms with Crippen LogP contribution in [0.5, 0.6) is 5.75 Å². The molecule has 2 aromatic rings. The molecule has 0 bridgehead atoms. The van der Waals surface area contributed by atoms with Gasteiger partial charge in [-0.15, -0.1) is 0 Å². The second-order valence-electron chi connectivity index (χ2n) is 6.28. The monoisotopic (exact) mass is 338 g/mol. The van der Waals surface area contributed by atoms with Gasteiger partial charge >= 0.3 is 0 Å². The SMILES string of the molecule is Cc1ccccc1OCC(=O)NNC(=O)Cc1ccc2c(c1)CCC2. The van der Waals surface area contributed by atoms with Crippen LogP contribution < -0.4 is 15.6 Å². The minimum atomic E-state index is -0.398. The summed E-state index contributed by atoms with van der Waals surface area (Å²) in [6.07, 6.45) is 3.63. The minimum Gasteiger partial charge on any atom is -0.483 e. The molecule has 1 aliphatic carbocycles. The van der Waals surface area contributed by atoms with Gasteiger partial charge in [0.05, 0.1) is 6.42 Å². The van der Waals surface area contributed by atoms with Gasteiger partial charge in [0.15, 0.2) is 6.61 Å². The summed E-state index contributed by atoms with van der Waals surface area (Å²) < 4.78 is 5.44. The highest BCUT2D eigenvalue weighted by molar-refractivity contribution is 5.83. The van der Waals surface area contributed by atoms with Crippen molar-refractivity contribution in [1.29, 1.82) is 0 Å². The quantitative estimate of drug-likeness (QED) is 0.822. The predicted octanol–water partition coefficient (Wildman–Crippen LogP) is 2.25. The zero-order chi connectivity index (χ0) is 17.6. The number of rotatable bonds is 5. The summed E-state index contributed by atoms with van der Waals surface area (Å²) in [7, 11) is 0. The summed E-state index contributed by atoms with van der Waals surface area (Å²) in [6.45, 7) is 1.76. The molecule has 5 nitrogen and oxygen atoms in total. The number of carbonyl (C=O) groups excluding carboxylic acids is 2. The van der Waals surface area contributed by atoms with Gasteiger partial charge < -0.3 is 4.74 Å². The number of hydrazine groups is 1. The van der Waals surface area contributed by atoms with Crippen LogP contribution >= 0.6 is 0 Å². The third-order valence-corrected chi connectivity index (χ3v) is 4.32. The molecule has 0 spiro atoms. The number of hydrogen-bond donors (Lipinski definition) is 2. The summed E-state index contributed by atoms with van der Waals surface area (Å²) in [5.41, 5.74) is 9.44. The van der Waals surface area contributed by atoms with Crippen LogP contribution in [-0.2, 0) is 28.9 Å². The highest BCUT2D eigenvalue weighted by Gasteiger charge is 2.12. The molecule has 25 heavy (non-hydrogen) atoms. The van der Waals surface area contributed by atoms with Crippen molar-refractivity contribution in [3.63, 3.8) is 0 Å². The van der Waals surface area contributed by atoms with Crippen molar-refractivity contribution in [2.75, 3.05) is 6.61 Å². The number of benzene rings is 2. The Morgan fingerprint density at radius 1 is 1.00 bits per heavy atom. The molecule has 5 heteroatoms. The zero-order valence-electron chi connectivity index (χ0n) is 14.3. The van der Waals surface area contributed by atoms with Crippen LogP contribution in [0.3, 0.4) is 0 Å². The van der Waals surface area contributed by atoms with Gasteiger partial charge in [-0.1, -0.05) is 36.4 Å². The summed E-state index contributed by atoms with van der Waals surface area (Å²) >= 11 is 0. The average molecular weight is 338 g/mol. The lowest BCUT2D eigenvalue weighted by Gasteiger charge is -2.10. The van der Waals surface area contributed by atoms with Crippen molar-refractivity contribution < 1.29 is 14.3 Å². The van der Waals surface area contributed by atoms with E-state index < -0.39 is 5.91 Å². The van der Waals surface area contributed by atoms with Gasteiger partial charge in [0.25, 0.3) is 5.91 Å². The number of ether oxygens (including phenoxy) is 1. The summed E-state index contributed by atoms with van der Waals surface area (Å²) in [6, 6.07) is 13.6. The second-order valence-corrected chi connectivity index (χ2v) is 6.28. The van der Waals surface area contributed by atoms with E-state index in [-0.39, 0.29) is 18.9 Å². The van der Waals surface area contributed by atoms with Crippen molar-refractivity contribution in [1.82, 2.24) is 10.9 Å². The fourth-order valence-corrected chi connectivity index (χ4v) is 3.00. The number of amides is 2. The lowest BCUT2D eigenvalue weighted by molar-refractivity contribution is -0.129. The first-order valence-electron chi connectivity index (χ1n) is 8.48. The second kappa shape index (κ2) is 7.83. The molecular formula is C20H22N2O3. The molecule has 0 radical (unpaired) electrons. The van der Waals surface area contributed by atoms with E-state index in [2.05, 4.69) is 23.0 Å². The van der Waals surface area contributed by atoms with Gasteiger partial charge in [-0.05, 0) is 54.5 Å². The number of nitrogens with one attached hydrogen (secondary N) is 2. The fraction of sp³-hybridized carbons (Fsp3) is 0.300. The third-order valence-electron chi connectivity index (χ3n) is 4.32. The molecule has 0 saturated heterocycles. The van der Waals surface area contributed by atoms with Crippen LogP contribution in [-0.4, -0.2) is 18.4 Å². The van der Waals surface area contributed by atoms with E-state index in [1.807, 2.05) is 31.2 Å². The molecule has 0 heterocycles. The Bertz CT molecular complexity index is 786. The number of para-hydroxylation sites is 1. The summed E-state index contributed by atoms with van der Waals surface area (Å²) in [5, 5.41) is 0. The molecule has 2 amide bonds. The Morgan fingerprint density at radius 3 is 2.60 bits per heavy atom. The van der Waals surface area contributed by atoms with Gasteiger partial charge in [-0.25, -0.2) is 0 Å². The molecule has 2 N–H and O–H groups in total. The Labute approximate surface area is 147 Å². The molecule has 0 aromatic heterocycles. The normalized spacial score (nSPS) is 12.4. The molecule has 3 rings (SSSR count). The third kappa shape index (κ3) is 4.59. The van der Waals surface area contributed by atoms with Gasteiger partial charge in [0, 0.05) is 0 Å². The van der Waals surface area contributed by atoms with E-state index in [0.29, 0.717) is 5.75 Å². The van der Waals surface area contributed by atoms with Crippen LogP contribution in [0.2, 0.25) is 0 Å². The van der Waals surface area contributed by atoms with E-state index in [4.69, 9.17) is 4.74 Å². The van der Waals surface area contributed by atoms with Crippen LogP contribution in [0, 0.1) is 6.92 Å². The Hall–Kier alpha value is -2.82. The summed E-state index contributed by atoms with van der Waals surface area (Å²) in [5.74, 6) is 0.00913. The lowest BCUT2D eigenvalue weighted by Crippen LogP contribution is -2.44. The van der Waals surface area contributed by atoms with Gasteiger partial charge in [0.1, 0.15) is 5.75 Å². The first-order valence-corrected chi connectivity index (χ1v) is 8.48. The standard InChI is InChI=1S/C20H22N2O3/c1-14-5-2-3-8-18(14)25-13-20(24)22-21-19(23)12-15-9-10-16-6-4-7-17(16)11-15/h2-3,5,8-11H,4,6-7,12-13H2,1H3,(H,21,23)(H,22,24).